The summed E-state index contributed by atoms with van der Waals surface area (Å²) in [6.45, 7) is 5.62. The molecule has 2 heterocycles. The molecule has 0 aliphatic rings. The van der Waals surface area contributed by atoms with Gasteiger partial charge in [-0.15, -0.1) is 0 Å². The lowest BCUT2D eigenvalue weighted by Gasteiger charge is -2.15. The first kappa shape index (κ1) is 14.5. The first-order valence-electron chi connectivity index (χ1n) is 6.82. The van der Waals surface area contributed by atoms with Crippen molar-refractivity contribution in [1.82, 2.24) is 20.1 Å². The molecule has 0 aromatic carbocycles. The molecule has 0 atom stereocenters. The summed E-state index contributed by atoms with van der Waals surface area (Å²) >= 11 is 0. The van der Waals surface area contributed by atoms with Crippen LogP contribution in [-0.4, -0.2) is 28.9 Å². The SMILES string of the molecule is Cc1cccc(CNCc2c(C)nn(C)c2N(C)C)n1. The Bertz CT molecular complexity index is 586. The average molecular weight is 273 g/mol. The Morgan fingerprint density at radius 1 is 1.20 bits per heavy atom. The van der Waals surface area contributed by atoms with Gasteiger partial charge in [0.1, 0.15) is 5.82 Å². The zero-order chi connectivity index (χ0) is 14.7. The average Bonchev–Trinajstić information content (AvgIpc) is 2.64. The summed E-state index contributed by atoms with van der Waals surface area (Å²) in [5.74, 6) is 1.15. The lowest BCUT2D eigenvalue weighted by atomic mass is 10.2. The number of hydrogen-bond acceptors (Lipinski definition) is 4. The first-order chi connectivity index (χ1) is 9.49. The Labute approximate surface area is 120 Å². The van der Waals surface area contributed by atoms with Gasteiger partial charge in [-0.05, 0) is 26.0 Å². The summed E-state index contributed by atoms with van der Waals surface area (Å²) in [4.78, 5) is 6.59. The van der Waals surface area contributed by atoms with Crippen molar-refractivity contribution in [3.8, 4) is 0 Å². The van der Waals surface area contributed by atoms with E-state index in [4.69, 9.17) is 0 Å². The molecule has 0 saturated heterocycles. The molecule has 0 bridgehead atoms. The highest BCUT2D eigenvalue weighted by Crippen LogP contribution is 2.20. The zero-order valence-corrected chi connectivity index (χ0v) is 12.9. The predicted molar refractivity (Wildman–Crippen MR) is 81.8 cm³/mol. The van der Waals surface area contributed by atoms with Gasteiger partial charge in [-0.1, -0.05) is 6.07 Å². The minimum atomic E-state index is 0.767. The smallest absolute Gasteiger partial charge is 0.130 e. The number of pyridine rings is 1. The van der Waals surface area contributed by atoms with Crippen molar-refractivity contribution in [3.05, 3.63) is 40.8 Å². The van der Waals surface area contributed by atoms with Gasteiger partial charge in [0.25, 0.3) is 0 Å². The Morgan fingerprint density at radius 2 is 1.95 bits per heavy atom. The van der Waals surface area contributed by atoms with Gasteiger partial charge < -0.3 is 10.2 Å². The minimum absolute atomic E-state index is 0.767. The van der Waals surface area contributed by atoms with E-state index in [2.05, 4.69) is 27.2 Å². The Kier molecular flexibility index (Phi) is 4.39. The molecule has 0 unspecified atom stereocenters. The molecule has 0 aliphatic carbocycles. The van der Waals surface area contributed by atoms with Crippen LogP contribution in [0.5, 0.6) is 0 Å². The maximum Gasteiger partial charge on any atom is 0.130 e. The molecule has 5 nitrogen and oxygen atoms in total. The topological polar surface area (TPSA) is 46.0 Å². The third-order valence-corrected chi connectivity index (χ3v) is 3.29. The van der Waals surface area contributed by atoms with Crippen molar-refractivity contribution in [2.75, 3.05) is 19.0 Å². The molecule has 108 valence electrons. The van der Waals surface area contributed by atoms with Gasteiger partial charge in [0.05, 0.1) is 11.4 Å². The van der Waals surface area contributed by atoms with E-state index in [0.717, 1.165) is 36.0 Å². The van der Waals surface area contributed by atoms with Crippen LogP contribution in [0.4, 0.5) is 5.82 Å². The molecule has 0 spiro atoms. The highest BCUT2D eigenvalue weighted by atomic mass is 15.4. The summed E-state index contributed by atoms with van der Waals surface area (Å²) in [7, 11) is 6.07. The van der Waals surface area contributed by atoms with Crippen molar-refractivity contribution < 1.29 is 0 Å². The van der Waals surface area contributed by atoms with Gasteiger partial charge in [0.15, 0.2) is 0 Å². The van der Waals surface area contributed by atoms with E-state index in [9.17, 15) is 0 Å². The van der Waals surface area contributed by atoms with Crippen LogP contribution in [0.2, 0.25) is 0 Å². The van der Waals surface area contributed by atoms with Crippen LogP contribution in [0, 0.1) is 13.8 Å². The third kappa shape index (κ3) is 3.17. The zero-order valence-electron chi connectivity index (χ0n) is 12.9. The number of nitrogens with one attached hydrogen (secondary N) is 1. The maximum atomic E-state index is 4.50. The molecule has 0 radical (unpaired) electrons. The predicted octanol–water partition coefficient (Wildman–Crippen LogP) is 1.79. The fraction of sp³-hybridized carbons (Fsp3) is 0.467. The van der Waals surface area contributed by atoms with Gasteiger partial charge in [0, 0.05) is 45.5 Å². The highest BCUT2D eigenvalue weighted by molar-refractivity contribution is 5.48. The van der Waals surface area contributed by atoms with Crippen molar-refractivity contribution in [2.45, 2.75) is 26.9 Å². The van der Waals surface area contributed by atoms with Crippen LogP contribution in [0.1, 0.15) is 22.6 Å². The van der Waals surface area contributed by atoms with Crippen LogP contribution in [-0.2, 0) is 20.1 Å². The molecule has 5 heteroatoms. The fourth-order valence-corrected chi connectivity index (χ4v) is 2.47. The summed E-state index contributed by atoms with van der Waals surface area (Å²) in [5, 5.41) is 7.94. The second kappa shape index (κ2) is 6.05. The van der Waals surface area contributed by atoms with Crippen LogP contribution >= 0.6 is 0 Å². The van der Waals surface area contributed by atoms with Crippen molar-refractivity contribution in [2.24, 2.45) is 7.05 Å². The second-order valence-corrected chi connectivity index (χ2v) is 5.28. The standard InChI is InChI=1S/C15H23N5/c1-11-7-6-8-13(17-11)9-16-10-14-12(2)18-20(5)15(14)19(3)4/h6-8,16H,9-10H2,1-5H3. The number of hydrogen-bond donors (Lipinski definition) is 1. The number of aromatic nitrogens is 3. The molecule has 2 rings (SSSR count). The minimum Gasteiger partial charge on any atom is -0.363 e. The van der Waals surface area contributed by atoms with Crippen LogP contribution in [0.3, 0.4) is 0 Å². The normalized spacial score (nSPS) is 10.8. The summed E-state index contributed by atoms with van der Waals surface area (Å²) in [6.07, 6.45) is 0. The van der Waals surface area contributed by atoms with E-state index in [1.54, 1.807) is 0 Å². The Hall–Kier alpha value is -1.88. The quantitative estimate of drug-likeness (QED) is 0.902. The number of rotatable bonds is 5. The lowest BCUT2D eigenvalue weighted by molar-refractivity contribution is 0.674. The molecule has 0 amide bonds. The number of nitrogens with zero attached hydrogens (tertiary/aromatic N) is 4. The monoisotopic (exact) mass is 273 g/mol. The van der Waals surface area contributed by atoms with Gasteiger partial charge in [0.2, 0.25) is 0 Å². The van der Waals surface area contributed by atoms with E-state index in [-0.39, 0.29) is 0 Å². The van der Waals surface area contributed by atoms with Crippen molar-refractivity contribution >= 4 is 5.82 Å². The van der Waals surface area contributed by atoms with Crippen molar-refractivity contribution in [1.29, 1.82) is 0 Å². The second-order valence-electron chi connectivity index (χ2n) is 5.28. The summed E-state index contributed by atoms with van der Waals surface area (Å²) in [5.41, 5.74) is 4.43. The molecule has 20 heavy (non-hydrogen) atoms. The van der Waals surface area contributed by atoms with Crippen LogP contribution in [0.15, 0.2) is 18.2 Å². The lowest BCUT2D eigenvalue weighted by Crippen LogP contribution is -2.19. The van der Waals surface area contributed by atoms with Crippen LogP contribution in [0.25, 0.3) is 0 Å². The molecule has 0 saturated carbocycles. The van der Waals surface area contributed by atoms with Gasteiger partial charge >= 0.3 is 0 Å². The van der Waals surface area contributed by atoms with Gasteiger partial charge in [-0.3, -0.25) is 9.67 Å². The fourth-order valence-electron chi connectivity index (χ4n) is 2.47. The molecule has 2 aromatic heterocycles. The molecule has 0 fully saturated rings. The van der Waals surface area contributed by atoms with Gasteiger partial charge in [-0.2, -0.15) is 5.10 Å². The van der Waals surface area contributed by atoms with E-state index in [1.807, 2.05) is 50.9 Å². The van der Waals surface area contributed by atoms with E-state index in [1.165, 1.54) is 5.56 Å². The maximum absolute atomic E-state index is 4.50. The Morgan fingerprint density at radius 3 is 2.60 bits per heavy atom. The molecule has 2 aromatic rings. The van der Waals surface area contributed by atoms with Gasteiger partial charge in [-0.25, -0.2) is 0 Å². The van der Waals surface area contributed by atoms with E-state index >= 15 is 0 Å². The molecule has 1 N–H and O–H groups in total. The largest absolute Gasteiger partial charge is 0.363 e. The first-order valence-corrected chi connectivity index (χ1v) is 6.82. The number of anilines is 1. The van der Waals surface area contributed by atoms with Crippen molar-refractivity contribution in [3.63, 3.8) is 0 Å². The summed E-state index contributed by atoms with van der Waals surface area (Å²) < 4.78 is 1.93. The third-order valence-electron chi connectivity index (χ3n) is 3.29. The van der Waals surface area contributed by atoms with E-state index < -0.39 is 0 Å². The molecule has 0 aliphatic heterocycles. The molecular formula is C15H23N5. The highest BCUT2D eigenvalue weighted by Gasteiger charge is 2.14. The Balaban J connectivity index is 2.04. The van der Waals surface area contributed by atoms with E-state index in [0.29, 0.717) is 0 Å². The van der Waals surface area contributed by atoms with Crippen LogP contribution < -0.4 is 10.2 Å². The molecular weight excluding hydrogens is 250 g/mol. The number of aryl methyl sites for hydroxylation is 3. The summed E-state index contributed by atoms with van der Waals surface area (Å²) in [6, 6.07) is 6.10.